The van der Waals surface area contributed by atoms with Crippen molar-refractivity contribution < 1.29 is 9.53 Å². The van der Waals surface area contributed by atoms with Crippen molar-refractivity contribution in [3.8, 4) is 0 Å². The molecule has 1 heterocycles. The van der Waals surface area contributed by atoms with Gasteiger partial charge in [0, 0.05) is 32.7 Å². The van der Waals surface area contributed by atoms with Crippen molar-refractivity contribution in [2.24, 2.45) is 11.1 Å². The van der Waals surface area contributed by atoms with E-state index in [1.807, 2.05) is 4.90 Å². The highest BCUT2D eigenvalue weighted by atomic mass is 16.5. The summed E-state index contributed by atoms with van der Waals surface area (Å²) < 4.78 is 5.10. The third kappa shape index (κ3) is 6.21. The minimum Gasteiger partial charge on any atom is -0.380 e. The van der Waals surface area contributed by atoms with Gasteiger partial charge in [0.15, 0.2) is 0 Å². The van der Waals surface area contributed by atoms with Crippen LogP contribution in [-0.4, -0.2) is 43.7 Å². The molecular weight excluding hydrogens is 240 g/mol. The topological polar surface area (TPSA) is 55.6 Å². The second-order valence-electron chi connectivity index (χ2n) is 6.61. The Hall–Kier alpha value is -0.870. The standard InChI is InChI=1S/C15H28N2O2/c1-15(2,3)10-13(16)9-14(18)17-7-5-12(6-8-17)11-19-4/h5,13H,6-11,16H2,1-4H3. The number of hydrogen-bond acceptors (Lipinski definition) is 3. The number of carbonyl (C=O) groups is 1. The molecule has 0 bridgehead atoms. The van der Waals surface area contributed by atoms with E-state index < -0.39 is 0 Å². The van der Waals surface area contributed by atoms with Crippen LogP contribution in [0.25, 0.3) is 0 Å². The van der Waals surface area contributed by atoms with Crippen LogP contribution in [-0.2, 0) is 9.53 Å². The van der Waals surface area contributed by atoms with Gasteiger partial charge in [0.25, 0.3) is 0 Å². The van der Waals surface area contributed by atoms with Crippen molar-refractivity contribution in [2.45, 2.75) is 46.1 Å². The van der Waals surface area contributed by atoms with E-state index in [2.05, 4.69) is 26.8 Å². The Morgan fingerprint density at radius 3 is 2.68 bits per heavy atom. The Bertz CT molecular complexity index is 332. The van der Waals surface area contributed by atoms with E-state index in [1.54, 1.807) is 7.11 Å². The summed E-state index contributed by atoms with van der Waals surface area (Å²) in [6, 6.07) is -0.0446. The lowest BCUT2D eigenvalue weighted by atomic mass is 9.87. The van der Waals surface area contributed by atoms with Crippen LogP contribution in [0.5, 0.6) is 0 Å². The molecule has 4 heteroatoms. The number of methoxy groups -OCH3 is 1. The molecule has 1 atom stereocenters. The highest BCUT2D eigenvalue weighted by molar-refractivity contribution is 5.77. The van der Waals surface area contributed by atoms with Crippen molar-refractivity contribution >= 4 is 5.91 Å². The number of amides is 1. The van der Waals surface area contributed by atoms with Gasteiger partial charge in [0.2, 0.25) is 5.91 Å². The fourth-order valence-corrected chi connectivity index (χ4v) is 2.47. The van der Waals surface area contributed by atoms with Gasteiger partial charge in [0.05, 0.1) is 6.61 Å². The Morgan fingerprint density at radius 2 is 2.21 bits per heavy atom. The first-order valence-electron chi connectivity index (χ1n) is 7.02. The second kappa shape index (κ2) is 7.06. The zero-order valence-corrected chi connectivity index (χ0v) is 12.7. The summed E-state index contributed by atoms with van der Waals surface area (Å²) in [6.07, 6.45) is 4.33. The van der Waals surface area contributed by atoms with Crippen molar-refractivity contribution in [2.75, 3.05) is 26.8 Å². The SMILES string of the molecule is COCC1=CCN(C(=O)CC(N)CC(C)(C)C)CC1. The molecule has 1 aliphatic heterocycles. The zero-order valence-electron chi connectivity index (χ0n) is 12.7. The molecule has 0 radical (unpaired) electrons. The van der Waals surface area contributed by atoms with Crippen molar-refractivity contribution in [1.82, 2.24) is 4.90 Å². The van der Waals surface area contributed by atoms with Crippen LogP contribution in [0.1, 0.15) is 40.0 Å². The summed E-state index contributed by atoms with van der Waals surface area (Å²) >= 11 is 0. The molecule has 1 unspecified atom stereocenters. The van der Waals surface area contributed by atoms with Gasteiger partial charge in [-0.2, -0.15) is 0 Å². The molecular formula is C15H28N2O2. The third-order valence-corrected chi connectivity index (χ3v) is 3.30. The van der Waals surface area contributed by atoms with Crippen molar-refractivity contribution in [3.63, 3.8) is 0 Å². The molecule has 4 nitrogen and oxygen atoms in total. The molecule has 110 valence electrons. The molecule has 1 aliphatic rings. The minimum absolute atomic E-state index is 0.0446. The Labute approximate surface area is 117 Å². The van der Waals surface area contributed by atoms with Crippen LogP contribution in [0, 0.1) is 5.41 Å². The van der Waals surface area contributed by atoms with Gasteiger partial charge in [-0.1, -0.05) is 26.8 Å². The molecule has 0 aromatic rings. The summed E-state index contributed by atoms with van der Waals surface area (Å²) in [4.78, 5) is 14.0. The predicted octanol–water partition coefficient (Wildman–Crippen LogP) is 1.95. The average molecular weight is 268 g/mol. The first-order valence-corrected chi connectivity index (χ1v) is 7.02. The number of carbonyl (C=O) groups excluding carboxylic acids is 1. The first-order chi connectivity index (χ1) is 8.81. The highest BCUT2D eigenvalue weighted by Crippen LogP contribution is 2.22. The minimum atomic E-state index is -0.0446. The quantitative estimate of drug-likeness (QED) is 0.775. The molecule has 0 saturated carbocycles. The van der Waals surface area contributed by atoms with Gasteiger partial charge in [-0.15, -0.1) is 0 Å². The van der Waals surface area contributed by atoms with Gasteiger partial charge < -0.3 is 15.4 Å². The predicted molar refractivity (Wildman–Crippen MR) is 77.8 cm³/mol. The van der Waals surface area contributed by atoms with E-state index in [-0.39, 0.29) is 17.4 Å². The van der Waals surface area contributed by atoms with Crippen molar-refractivity contribution in [1.29, 1.82) is 0 Å². The zero-order chi connectivity index (χ0) is 14.5. The molecule has 1 rings (SSSR count). The maximum atomic E-state index is 12.1. The molecule has 0 spiro atoms. The first kappa shape index (κ1) is 16.2. The van der Waals surface area contributed by atoms with Crippen LogP contribution in [0.2, 0.25) is 0 Å². The van der Waals surface area contributed by atoms with Crippen LogP contribution in [0.3, 0.4) is 0 Å². The van der Waals surface area contributed by atoms with Gasteiger partial charge >= 0.3 is 0 Å². The van der Waals surface area contributed by atoms with E-state index in [0.29, 0.717) is 19.6 Å². The molecule has 1 amide bonds. The molecule has 0 fully saturated rings. The maximum absolute atomic E-state index is 12.1. The number of rotatable bonds is 5. The summed E-state index contributed by atoms with van der Waals surface area (Å²) in [5.74, 6) is 0.171. The fourth-order valence-electron chi connectivity index (χ4n) is 2.47. The van der Waals surface area contributed by atoms with Gasteiger partial charge in [0.1, 0.15) is 0 Å². The third-order valence-electron chi connectivity index (χ3n) is 3.30. The van der Waals surface area contributed by atoms with E-state index in [4.69, 9.17) is 10.5 Å². The number of ether oxygens (including phenoxy) is 1. The van der Waals surface area contributed by atoms with E-state index in [1.165, 1.54) is 5.57 Å². The lowest BCUT2D eigenvalue weighted by molar-refractivity contribution is -0.131. The molecule has 0 aliphatic carbocycles. The van der Waals surface area contributed by atoms with E-state index >= 15 is 0 Å². The van der Waals surface area contributed by atoms with Gasteiger partial charge in [-0.25, -0.2) is 0 Å². The van der Waals surface area contributed by atoms with Crippen LogP contribution >= 0.6 is 0 Å². The lowest BCUT2D eigenvalue weighted by Crippen LogP contribution is -2.39. The number of nitrogens with zero attached hydrogens (tertiary/aromatic N) is 1. The van der Waals surface area contributed by atoms with Crippen molar-refractivity contribution in [3.05, 3.63) is 11.6 Å². The summed E-state index contributed by atoms with van der Waals surface area (Å²) in [6.45, 7) is 8.61. The molecule has 19 heavy (non-hydrogen) atoms. The smallest absolute Gasteiger partial charge is 0.224 e. The Kier molecular flexibility index (Phi) is 6.01. The summed E-state index contributed by atoms with van der Waals surface area (Å²) in [5, 5.41) is 0. The average Bonchev–Trinajstić information content (AvgIpc) is 2.27. The molecule has 2 N–H and O–H groups in total. The Morgan fingerprint density at radius 1 is 1.53 bits per heavy atom. The summed E-state index contributed by atoms with van der Waals surface area (Å²) in [5.41, 5.74) is 7.52. The van der Waals surface area contributed by atoms with Gasteiger partial charge in [-0.05, 0) is 23.8 Å². The number of nitrogens with two attached hydrogens (primary N) is 1. The van der Waals surface area contributed by atoms with Crippen LogP contribution in [0.15, 0.2) is 11.6 Å². The normalized spacial score (nSPS) is 18.2. The van der Waals surface area contributed by atoms with Crippen LogP contribution in [0.4, 0.5) is 0 Å². The van der Waals surface area contributed by atoms with E-state index in [0.717, 1.165) is 19.4 Å². The maximum Gasteiger partial charge on any atom is 0.224 e. The Balaban J connectivity index is 2.39. The number of hydrogen-bond donors (Lipinski definition) is 1. The molecule has 0 aromatic heterocycles. The summed E-state index contributed by atoms with van der Waals surface area (Å²) in [7, 11) is 1.70. The second-order valence-corrected chi connectivity index (χ2v) is 6.61. The largest absolute Gasteiger partial charge is 0.380 e. The molecule has 0 saturated heterocycles. The van der Waals surface area contributed by atoms with Gasteiger partial charge in [-0.3, -0.25) is 4.79 Å². The highest BCUT2D eigenvalue weighted by Gasteiger charge is 2.22. The monoisotopic (exact) mass is 268 g/mol. The lowest BCUT2D eigenvalue weighted by Gasteiger charge is -2.29. The van der Waals surface area contributed by atoms with E-state index in [9.17, 15) is 4.79 Å². The van der Waals surface area contributed by atoms with Crippen LogP contribution < -0.4 is 5.73 Å². The fraction of sp³-hybridized carbons (Fsp3) is 0.800. The molecule has 0 aromatic carbocycles.